The van der Waals surface area contributed by atoms with Crippen LogP contribution in [0, 0.1) is 0 Å². The first kappa shape index (κ1) is 14.8. The van der Waals surface area contributed by atoms with E-state index in [-0.39, 0.29) is 5.54 Å². The fraction of sp³-hybridized carbons (Fsp3) is 0.786. The standard InChI is InChI=1S/C14H26N4S/c1-14(2,3)15-8-11-10-19-13(16-11)18-7-6-12(9-18)17(4)5/h10,12,15H,6-9H2,1-5H3. The van der Waals surface area contributed by atoms with Crippen molar-refractivity contribution in [2.45, 2.75) is 45.3 Å². The molecule has 0 spiro atoms. The Morgan fingerprint density at radius 1 is 1.47 bits per heavy atom. The molecule has 1 aliphatic heterocycles. The molecule has 1 saturated heterocycles. The van der Waals surface area contributed by atoms with Gasteiger partial charge in [-0.15, -0.1) is 11.3 Å². The number of hydrogen-bond acceptors (Lipinski definition) is 5. The predicted molar refractivity (Wildman–Crippen MR) is 83.0 cm³/mol. The molecule has 0 saturated carbocycles. The fourth-order valence-corrected chi connectivity index (χ4v) is 3.08. The second-order valence-corrected chi connectivity index (χ2v) is 7.41. The molecular formula is C14H26N4S. The summed E-state index contributed by atoms with van der Waals surface area (Å²) in [5, 5.41) is 6.84. The maximum absolute atomic E-state index is 4.75. The molecule has 5 heteroatoms. The molecule has 0 aliphatic carbocycles. The summed E-state index contributed by atoms with van der Waals surface area (Å²) in [5.41, 5.74) is 1.30. The van der Waals surface area contributed by atoms with Crippen molar-refractivity contribution in [2.75, 3.05) is 32.1 Å². The highest BCUT2D eigenvalue weighted by Gasteiger charge is 2.25. The van der Waals surface area contributed by atoms with Crippen LogP contribution in [0.15, 0.2) is 5.38 Å². The molecule has 1 unspecified atom stereocenters. The first-order chi connectivity index (χ1) is 8.85. The third kappa shape index (κ3) is 4.16. The number of hydrogen-bond donors (Lipinski definition) is 1. The quantitative estimate of drug-likeness (QED) is 0.917. The van der Waals surface area contributed by atoms with Gasteiger partial charge < -0.3 is 15.1 Å². The lowest BCUT2D eigenvalue weighted by Gasteiger charge is -2.20. The van der Waals surface area contributed by atoms with E-state index in [1.54, 1.807) is 11.3 Å². The van der Waals surface area contributed by atoms with Crippen molar-refractivity contribution in [3.63, 3.8) is 0 Å². The van der Waals surface area contributed by atoms with E-state index in [9.17, 15) is 0 Å². The third-order valence-electron chi connectivity index (χ3n) is 3.50. The Morgan fingerprint density at radius 3 is 2.79 bits per heavy atom. The summed E-state index contributed by atoms with van der Waals surface area (Å²) in [6, 6.07) is 0.667. The number of aromatic nitrogens is 1. The average Bonchev–Trinajstić information content (AvgIpc) is 2.94. The number of likely N-dealkylation sites (N-methyl/N-ethyl adjacent to an activating group) is 1. The number of rotatable bonds is 4. The second kappa shape index (κ2) is 5.77. The van der Waals surface area contributed by atoms with Crippen LogP contribution in [-0.2, 0) is 6.54 Å². The number of nitrogens with one attached hydrogen (secondary N) is 1. The van der Waals surface area contributed by atoms with Crippen LogP contribution in [0.1, 0.15) is 32.9 Å². The van der Waals surface area contributed by atoms with Gasteiger partial charge >= 0.3 is 0 Å². The Labute approximate surface area is 120 Å². The van der Waals surface area contributed by atoms with Crippen LogP contribution in [0.5, 0.6) is 0 Å². The lowest BCUT2D eigenvalue weighted by atomic mass is 10.1. The van der Waals surface area contributed by atoms with Gasteiger partial charge in [0, 0.05) is 36.6 Å². The predicted octanol–water partition coefficient (Wildman–Crippen LogP) is 2.17. The van der Waals surface area contributed by atoms with Crippen molar-refractivity contribution < 1.29 is 0 Å². The Hall–Kier alpha value is -0.650. The van der Waals surface area contributed by atoms with Gasteiger partial charge in [-0.25, -0.2) is 4.98 Å². The SMILES string of the molecule is CN(C)C1CCN(c2nc(CNC(C)(C)C)cs2)C1. The van der Waals surface area contributed by atoms with Crippen molar-refractivity contribution in [1.29, 1.82) is 0 Å². The highest BCUT2D eigenvalue weighted by molar-refractivity contribution is 7.13. The van der Waals surface area contributed by atoms with Crippen LogP contribution in [-0.4, -0.2) is 48.6 Å². The van der Waals surface area contributed by atoms with E-state index in [0.29, 0.717) is 6.04 Å². The van der Waals surface area contributed by atoms with Gasteiger partial charge in [0.2, 0.25) is 0 Å². The molecule has 0 bridgehead atoms. The molecule has 19 heavy (non-hydrogen) atoms. The van der Waals surface area contributed by atoms with Gasteiger partial charge in [-0.1, -0.05) is 0 Å². The van der Waals surface area contributed by atoms with E-state index >= 15 is 0 Å². The summed E-state index contributed by atoms with van der Waals surface area (Å²) >= 11 is 1.77. The first-order valence-electron chi connectivity index (χ1n) is 6.96. The Balaban J connectivity index is 1.91. The molecule has 2 rings (SSSR count). The van der Waals surface area contributed by atoms with Crippen LogP contribution < -0.4 is 10.2 Å². The summed E-state index contributed by atoms with van der Waals surface area (Å²) < 4.78 is 0. The largest absolute Gasteiger partial charge is 0.346 e. The molecule has 1 fully saturated rings. The van der Waals surface area contributed by atoms with Crippen molar-refractivity contribution in [2.24, 2.45) is 0 Å². The molecule has 4 nitrogen and oxygen atoms in total. The monoisotopic (exact) mass is 282 g/mol. The summed E-state index contributed by atoms with van der Waals surface area (Å²) in [5.74, 6) is 0. The van der Waals surface area contributed by atoms with Crippen molar-refractivity contribution >= 4 is 16.5 Å². The Bertz CT molecular complexity index is 408. The van der Waals surface area contributed by atoms with E-state index in [1.165, 1.54) is 11.6 Å². The molecule has 1 aromatic heterocycles. The molecule has 2 heterocycles. The lowest BCUT2D eigenvalue weighted by molar-refractivity contribution is 0.315. The van der Waals surface area contributed by atoms with Gasteiger partial charge in [0.1, 0.15) is 0 Å². The third-order valence-corrected chi connectivity index (χ3v) is 4.45. The summed E-state index contributed by atoms with van der Waals surface area (Å²) in [6.07, 6.45) is 1.24. The van der Waals surface area contributed by atoms with Gasteiger partial charge in [-0.2, -0.15) is 0 Å². The summed E-state index contributed by atoms with van der Waals surface area (Å²) in [4.78, 5) is 9.48. The lowest BCUT2D eigenvalue weighted by Crippen LogP contribution is -2.35. The molecule has 1 N–H and O–H groups in total. The van der Waals surface area contributed by atoms with Crippen molar-refractivity contribution in [3.05, 3.63) is 11.1 Å². The van der Waals surface area contributed by atoms with Gasteiger partial charge in [0.15, 0.2) is 5.13 Å². The molecule has 1 aliphatic rings. The summed E-state index contributed by atoms with van der Waals surface area (Å²) in [7, 11) is 4.32. The zero-order valence-electron chi connectivity index (χ0n) is 12.7. The van der Waals surface area contributed by atoms with Crippen LogP contribution in [0.3, 0.4) is 0 Å². The van der Waals surface area contributed by atoms with E-state index in [0.717, 1.165) is 25.3 Å². The van der Waals surface area contributed by atoms with Gasteiger partial charge in [0.05, 0.1) is 5.69 Å². The van der Waals surface area contributed by atoms with Crippen molar-refractivity contribution in [3.8, 4) is 0 Å². The van der Waals surface area contributed by atoms with E-state index in [4.69, 9.17) is 4.98 Å². The van der Waals surface area contributed by atoms with Crippen LogP contribution in [0.4, 0.5) is 5.13 Å². The topological polar surface area (TPSA) is 31.4 Å². The average molecular weight is 282 g/mol. The Kier molecular flexibility index (Phi) is 4.48. The second-order valence-electron chi connectivity index (χ2n) is 6.58. The zero-order valence-corrected chi connectivity index (χ0v) is 13.5. The van der Waals surface area contributed by atoms with E-state index < -0.39 is 0 Å². The minimum absolute atomic E-state index is 0.146. The maximum Gasteiger partial charge on any atom is 0.185 e. The smallest absolute Gasteiger partial charge is 0.185 e. The normalized spacial score (nSPS) is 20.5. The first-order valence-corrected chi connectivity index (χ1v) is 7.84. The van der Waals surface area contributed by atoms with E-state index in [2.05, 4.69) is 55.4 Å². The van der Waals surface area contributed by atoms with Crippen LogP contribution in [0.25, 0.3) is 0 Å². The number of anilines is 1. The maximum atomic E-state index is 4.75. The molecule has 0 amide bonds. The fourth-order valence-electron chi connectivity index (χ4n) is 2.22. The molecule has 0 aromatic carbocycles. The van der Waals surface area contributed by atoms with Gasteiger partial charge in [-0.3, -0.25) is 0 Å². The molecule has 108 valence electrons. The zero-order chi connectivity index (χ0) is 14.0. The van der Waals surface area contributed by atoms with Crippen LogP contribution >= 0.6 is 11.3 Å². The molecule has 1 atom stereocenters. The highest BCUT2D eigenvalue weighted by atomic mass is 32.1. The molecule has 1 aromatic rings. The number of thiazole rings is 1. The minimum atomic E-state index is 0.146. The van der Waals surface area contributed by atoms with Crippen LogP contribution in [0.2, 0.25) is 0 Å². The minimum Gasteiger partial charge on any atom is -0.346 e. The molecular weight excluding hydrogens is 256 g/mol. The Morgan fingerprint density at radius 2 is 2.21 bits per heavy atom. The van der Waals surface area contributed by atoms with Gasteiger partial charge in [0.25, 0.3) is 0 Å². The summed E-state index contributed by atoms with van der Waals surface area (Å²) in [6.45, 7) is 9.63. The van der Waals surface area contributed by atoms with E-state index in [1.807, 2.05) is 0 Å². The highest BCUT2D eigenvalue weighted by Crippen LogP contribution is 2.25. The van der Waals surface area contributed by atoms with Crippen molar-refractivity contribution in [1.82, 2.24) is 15.2 Å². The molecule has 0 radical (unpaired) electrons. The number of nitrogens with zero attached hydrogens (tertiary/aromatic N) is 3. The van der Waals surface area contributed by atoms with Gasteiger partial charge in [-0.05, 0) is 41.3 Å².